The van der Waals surface area contributed by atoms with E-state index < -0.39 is 61.2 Å². The number of carbonyl (C=O) groups is 1. The van der Waals surface area contributed by atoms with Gasteiger partial charge in [0, 0.05) is 14.5 Å². The van der Waals surface area contributed by atoms with Gasteiger partial charge in [-0.15, -0.1) is 0 Å². The molecule has 0 aliphatic carbocycles. The van der Waals surface area contributed by atoms with E-state index in [0.29, 0.717) is 0 Å². The number of amides is 1. The van der Waals surface area contributed by atoms with Crippen molar-refractivity contribution < 1.29 is 45.1 Å². The highest BCUT2D eigenvalue weighted by Crippen LogP contribution is 2.54. The van der Waals surface area contributed by atoms with Crippen LogP contribution in [-0.2, 0) is 5.67 Å². The van der Waals surface area contributed by atoms with E-state index >= 15 is 0 Å². The van der Waals surface area contributed by atoms with Gasteiger partial charge in [-0.05, 0) is 56.1 Å². The van der Waals surface area contributed by atoms with Crippen LogP contribution in [0.5, 0.6) is 0 Å². The van der Waals surface area contributed by atoms with E-state index in [-0.39, 0.29) is 12.1 Å². The molecule has 0 saturated heterocycles. The predicted octanol–water partition coefficient (Wildman–Crippen LogP) is 6.69. The second-order valence-electron chi connectivity index (χ2n) is 5.70. The number of benzene rings is 2. The molecule has 2 aromatic rings. The first-order valence-corrected chi connectivity index (χ1v) is 9.05. The molecule has 0 aromatic heterocycles. The van der Waals surface area contributed by atoms with E-state index in [1.807, 2.05) is 0 Å². The van der Waals surface area contributed by atoms with Gasteiger partial charge in [-0.2, -0.15) is 26.3 Å². The molecule has 2 aromatic carbocycles. The van der Waals surface area contributed by atoms with Gasteiger partial charge in [-0.1, -0.05) is 6.07 Å². The molecule has 0 bridgehead atoms. The van der Waals surface area contributed by atoms with Gasteiger partial charge < -0.3 is 5.32 Å². The quantitative estimate of drug-likeness (QED) is 0.283. The molecule has 0 fully saturated rings. The molecule has 3 N–H and O–H groups in total. The molecule has 0 spiro atoms. The zero-order valence-corrected chi connectivity index (χ0v) is 17.2. The average molecular weight is 572 g/mol. The summed E-state index contributed by atoms with van der Waals surface area (Å²) in [5.41, 5.74) is -7.44. The van der Waals surface area contributed by atoms with Crippen molar-refractivity contribution in [3.8, 4) is 0 Å². The van der Waals surface area contributed by atoms with Crippen LogP contribution in [0.2, 0.25) is 0 Å². The number of hydrogen-bond acceptors (Lipinski definition) is 3. The van der Waals surface area contributed by atoms with E-state index in [2.05, 4.69) is 37.2 Å². The maximum atomic E-state index is 14.2. The van der Waals surface area contributed by atoms with Gasteiger partial charge in [0.1, 0.15) is 0 Å². The van der Waals surface area contributed by atoms with E-state index in [0.717, 1.165) is 12.1 Å². The van der Waals surface area contributed by atoms with Crippen molar-refractivity contribution in [2.24, 2.45) is 0 Å². The number of nitrogens with one attached hydrogen (secondary N) is 2. The summed E-state index contributed by atoms with van der Waals surface area (Å²) in [6.45, 7) is 0. The SMILES string of the molecule is O=C(Nc1c(Br)cc(C(F)(C(F)(F)F)C(F)(F)F)cc1Br)c1cccc(NO)c1F. The second kappa shape index (κ2) is 8.30. The largest absolute Gasteiger partial charge is 0.435 e. The van der Waals surface area contributed by atoms with Crippen molar-refractivity contribution in [1.29, 1.82) is 0 Å². The lowest BCUT2D eigenvalue weighted by Crippen LogP contribution is -2.50. The Labute approximate surface area is 179 Å². The molecule has 2 rings (SSSR count). The van der Waals surface area contributed by atoms with Crippen LogP contribution >= 0.6 is 31.9 Å². The van der Waals surface area contributed by atoms with Crippen LogP contribution in [0.3, 0.4) is 0 Å². The summed E-state index contributed by atoms with van der Waals surface area (Å²) in [6, 6.07) is 3.67. The lowest BCUT2D eigenvalue weighted by atomic mass is 9.94. The van der Waals surface area contributed by atoms with Crippen LogP contribution < -0.4 is 10.8 Å². The first kappa shape index (κ1) is 24.3. The van der Waals surface area contributed by atoms with Crippen LogP contribution in [0, 0.1) is 5.82 Å². The smallest absolute Gasteiger partial charge is 0.320 e. The Morgan fingerprint density at radius 3 is 1.87 bits per heavy atom. The van der Waals surface area contributed by atoms with Crippen molar-refractivity contribution >= 4 is 49.1 Å². The lowest BCUT2D eigenvalue weighted by Gasteiger charge is -2.31. The van der Waals surface area contributed by atoms with Crippen LogP contribution in [0.25, 0.3) is 0 Å². The highest BCUT2D eigenvalue weighted by molar-refractivity contribution is 9.11. The molecule has 4 nitrogen and oxygen atoms in total. The fourth-order valence-electron chi connectivity index (χ4n) is 2.35. The molecule has 30 heavy (non-hydrogen) atoms. The molecule has 0 atom stereocenters. The molecule has 0 aliphatic rings. The third-order valence-electron chi connectivity index (χ3n) is 3.82. The second-order valence-corrected chi connectivity index (χ2v) is 7.41. The lowest BCUT2D eigenvalue weighted by molar-refractivity contribution is -0.348. The summed E-state index contributed by atoms with van der Waals surface area (Å²) in [6.07, 6.45) is -12.6. The number of alkyl halides is 7. The van der Waals surface area contributed by atoms with Gasteiger partial charge in [-0.3, -0.25) is 15.5 Å². The van der Waals surface area contributed by atoms with Crippen molar-refractivity contribution in [2.45, 2.75) is 18.0 Å². The van der Waals surface area contributed by atoms with E-state index in [4.69, 9.17) is 5.21 Å². The molecular formula is C16H8Br2F8N2O2. The first-order valence-electron chi connectivity index (χ1n) is 7.47. The molecule has 0 aliphatic heterocycles. The molecular weight excluding hydrogens is 564 g/mol. The van der Waals surface area contributed by atoms with Crippen molar-refractivity contribution in [2.75, 3.05) is 10.8 Å². The average Bonchev–Trinajstić information content (AvgIpc) is 2.61. The van der Waals surface area contributed by atoms with Gasteiger partial charge in [0.2, 0.25) is 0 Å². The maximum Gasteiger partial charge on any atom is 0.435 e. The summed E-state index contributed by atoms with van der Waals surface area (Å²) in [5.74, 6) is -2.34. The summed E-state index contributed by atoms with van der Waals surface area (Å²) >= 11 is 5.36. The highest BCUT2D eigenvalue weighted by Gasteiger charge is 2.73. The molecule has 1 amide bonds. The summed E-state index contributed by atoms with van der Waals surface area (Å²) < 4.78 is 105. The Balaban J connectivity index is 2.51. The Morgan fingerprint density at radius 2 is 1.43 bits per heavy atom. The normalized spacial score (nSPS) is 12.6. The van der Waals surface area contributed by atoms with E-state index in [9.17, 15) is 39.9 Å². The molecule has 0 saturated carbocycles. The number of carbonyl (C=O) groups excluding carboxylic acids is 1. The van der Waals surface area contributed by atoms with Crippen LogP contribution in [0.4, 0.5) is 46.5 Å². The third kappa shape index (κ3) is 4.25. The first-order chi connectivity index (χ1) is 13.6. The Bertz CT molecular complexity index is 942. The Hall–Kier alpha value is -1.93. The van der Waals surface area contributed by atoms with Crippen LogP contribution in [0.1, 0.15) is 15.9 Å². The van der Waals surface area contributed by atoms with Crippen molar-refractivity contribution in [3.05, 3.63) is 56.2 Å². The topological polar surface area (TPSA) is 61.4 Å². The van der Waals surface area contributed by atoms with Crippen molar-refractivity contribution in [3.63, 3.8) is 0 Å². The van der Waals surface area contributed by atoms with Crippen molar-refractivity contribution in [1.82, 2.24) is 0 Å². The summed E-state index contributed by atoms with van der Waals surface area (Å²) in [4.78, 5) is 12.3. The molecule has 164 valence electrons. The molecule has 0 unspecified atom stereocenters. The monoisotopic (exact) mass is 570 g/mol. The molecule has 0 radical (unpaired) electrons. The van der Waals surface area contributed by atoms with Gasteiger partial charge in [0.15, 0.2) is 5.82 Å². The van der Waals surface area contributed by atoms with Crippen LogP contribution in [-0.4, -0.2) is 23.5 Å². The maximum absolute atomic E-state index is 14.2. The minimum atomic E-state index is -6.32. The predicted molar refractivity (Wildman–Crippen MR) is 96.5 cm³/mol. The zero-order chi connectivity index (χ0) is 23.1. The standard InChI is InChI=1S/C16H8Br2F8N2O2/c17-8-4-6(14(20,15(21,22)23)16(24,25)26)5-9(18)12(8)27-13(29)7-2-1-3-10(28-30)11(7)19/h1-5,28,30H,(H,27,29). The minimum Gasteiger partial charge on any atom is -0.320 e. The van der Waals surface area contributed by atoms with Crippen LogP contribution in [0.15, 0.2) is 39.3 Å². The van der Waals surface area contributed by atoms with Gasteiger partial charge >= 0.3 is 18.0 Å². The Kier molecular flexibility index (Phi) is 6.74. The highest BCUT2D eigenvalue weighted by atomic mass is 79.9. The molecule has 0 heterocycles. The van der Waals surface area contributed by atoms with Gasteiger partial charge in [0.05, 0.1) is 16.9 Å². The zero-order valence-electron chi connectivity index (χ0n) is 14.0. The number of hydrogen-bond donors (Lipinski definition) is 3. The fraction of sp³-hybridized carbons (Fsp3) is 0.188. The summed E-state index contributed by atoms with van der Waals surface area (Å²) in [5, 5.41) is 10.9. The van der Waals surface area contributed by atoms with Gasteiger partial charge in [-0.25, -0.2) is 8.78 Å². The fourth-order valence-corrected chi connectivity index (χ4v) is 3.74. The van der Waals surface area contributed by atoms with Gasteiger partial charge in [0.25, 0.3) is 5.91 Å². The summed E-state index contributed by atoms with van der Waals surface area (Å²) in [7, 11) is 0. The number of rotatable bonds is 4. The molecule has 14 heteroatoms. The minimum absolute atomic E-state index is 0.198. The van der Waals surface area contributed by atoms with E-state index in [1.54, 1.807) is 0 Å². The third-order valence-corrected chi connectivity index (χ3v) is 5.07. The van der Waals surface area contributed by atoms with E-state index in [1.165, 1.54) is 11.5 Å². The number of anilines is 2. The Morgan fingerprint density at radius 1 is 0.933 bits per heavy atom. The number of halogens is 10.